The standard InChI is InChI=1S/C9H13BO5/c1-13-6-7-5-8(15-10(11)12)3-4-9(7)14-2/h3-5,11-12H,6H2,1-2H3. The van der Waals surface area contributed by atoms with Crippen molar-refractivity contribution < 1.29 is 24.2 Å². The minimum Gasteiger partial charge on any atom is -0.512 e. The highest BCUT2D eigenvalue weighted by Crippen LogP contribution is 2.24. The second-order valence-electron chi connectivity index (χ2n) is 2.85. The fourth-order valence-corrected chi connectivity index (χ4v) is 1.22. The molecule has 1 rings (SSSR count). The molecule has 0 bridgehead atoms. The quantitative estimate of drug-likeness (QED) is 0.682. The molecule has 82 valence electrons. The van der Waals surface area contributed by atoms with Crippen LogP contribution in [0.1, 0.15) is 5.56 Å². The third-order valence-corrected chi connectivity index (χ3v) is 1.79. The van der Waals surface area contributed by atoms with E-state index in [1.54, 1.807) is 32.4 Å². The molecule has 2 N–H and O–H groups in total. The van der Waals surface area contributed by atoms with Crippen LogP contribution in [0.3, 0.4) is 0 Å². The van der Waals surface area contributed by atoms with E-state index in [0.717, 1.165) is 5.56 Å². The van der Waals surface area contributed by atoms with Gasteiger partial charge in [0.2, 0.25) is 0 Å². The molecule has 5 nitrogen and oxygen atoms in total. The van der Waals surface area contributed by atoms with E-state index in [1.807, 2.05) is 0 Å². The van der Waals surface area contributed by atoms with E-state index in [9.17, 15) is 0 Å². The molecule has 0 aliphatic carbocycles. The Labute approximate surface area is 88.4 Å². The predicted octanol–water partition coefficient (Wildman–Crippen LogP) is 0.190. The van der Waals surface area contributed by atoms with E-state index in [1.165, 1.54) is 0 Å². The lowest BCUT2D eigenvalue weighted by molar-refractivity contribution is 0.181. The van der Waals surface area contributed by atoms with E-state index >= 15 is 0 Å². The van der Waals surface area contributed by atoms with Crippen LogP contribution in [0.15, 0.2) is 18.2 Å². The van der Waals surface area contributed by atoms with E-state index < -0.39 is 7.32 Å². The number of ether oxygens (including phenoxy) is 2. The fourth-order valence-electron chi connectivity index (χ4n) is 1.22. The molecule has 0 fully saturated rings. The summed E-state index contributed by atoms with van der Waals surface area (Å²) < 4.78 is 14.8. The van der Waals surface area contributed by atoms with Crippen molar-refractivity contribution in [3.8, 4) is 11.5 Å². The third-order valence-electron chi connectivity index (χ3n) is 1.79. The van der Waals surface area contributed by atoms with Gasteiger partial charge in [-0.25, -0.2) is 0 Å². The number of hydrogen-bond donors (Lipinski definition) is 2. The average molecular weight is 212 g/mol. The second kappa shape index (κ2) is 5.60. The Kier molecular flexibility index (Phi) is 4.42. The summed E-state index contributed by atoms with van der Waals surface area (Å²) in [6.07, 6.45) is 0. The Morgan fingerprint density at radius 1 is 1.27 bits per heavy atom. The zero-order valence-electron chi connectivity index (χ0n) is 8.64. The SMILES string of the molecule is COCc1cc(OB(O)O)ccc1OC. The van der Waals surface area contributed by atoms with Gasteiger partial charge >= 0.3 is 7.32 Å². The van der Waals surface area contributed by atoms with Crippen molar-refractivity contribution in [2.75, 3.05) is 14.2 Å². The molecule has 1 aromatic rings. The predicted molar refractivity (Wildman–Crippen MR) is 54.5 cm³/mol. The maximum atomic E-state index is 8.62. The minimum absolute atomic E-state index is 0.345. The van der Waals surface area contributed by atoms with Crippen LogP contribution in [0.2, 0.25) is 0 Å². The van der Waals surface area contributed by atoms with Gasteiger partial charge in [-0.05, 0) is 18.2 Å². The van der Waals surface area contributed by atoms with Gasteiger partial charge in [0.25, 0.3) is 0 Å². The highest BCUT2D eigenvalue weighted by molar-refractivity contribution is 6.33. The topological polar surface area (TPSA) is 68.2 Å². The van der Waals surface area contributed by atoms with Gasteiger partial charge in [0.15, 0.2) is 0 Å². The molecule has 0 unspecified atom stereocenters. The number of benzene rings is 1. The van der Waals surface area contributed by atoms with Gasteiger partial charge in [0.1, 0.15) is 11.5 Å². The first-order valence-electron chi connectivity index (χ1n) is 4.36. The van der Waals surface area contributed by atoms with Crippen LogP contribution >= 0.6 is 0 Å². The van der Waals surface area contributed by atoms with E-state index in [2.05, 4.69) is 0 Å². The first-order chi connectivity index (χ1) is 7.17. The van der Waals surface area contributed by atoms with Gasteiger partial charge in [-0.1, -0.05) is 0 Å². The van der Waals surface area contributed by atoms with Crippen molar-refractivity contribution in [3.05, 3.63) is 23.8 Å². The van der Waals surface area contributed by atoms with Crippen molar-refractivity contribution >= 4 is 7.32 Å². The lowest BCUT2D eigenvalue weighted by Gasteiger charge is -2.10. The van der Waals surface area contributed by atoms with Gasteiger partial charge in [0.05, 0.1) is 13.7 Å². The monoisotopic (exact) mass is 212 g/mol. The maximum Gasteiger partial charge on any atom is 0.707 e. The van der Waals surface area contributed by atoms with Gasteiger partial charge in [-0.15, -0.1) is 0 Å². The van der Waals surface area contributed by atoms with E-state index in [0.29, 0.717) is 18.1 Å². The molecule has 6 heteroatoms. The first-order valence-corrected chi connectivity index (χ1v) is 4.36. The van der Waals surface area contributed by atoms with Gasteiger partial charge in [0, 0.05) is 12.7 Å². The molecule has 0 atom stereocenters. The van der Waals surface area contributed by atoms with Crippen LogP contribution in [0.4, 0.5) is 0 Å². The first kappa shape index (κ1) is 11.8. The smallest absolute Gasteiger partial charge is 0.512 e. The Bertz CT molecular complexity index is 315. The largest absolute Gasteiger partial charge is 0.707 e. The molecule has 0 saturated heterocycles. The molecule has 0 spiro atoms. The van der Waals surface area contributed by atoms with Crippen molar-refractivity contribution in [2.45, 2.75) is 6.61 Å². The molecule has 0 saturated carbocycles. The maximum absolute atomic E-state index is 8.62. The summed E-state index contributed by atoms with van der Waals surface area (Å²) >= 11 is 0. The summed E-state index contributed by atoms with van der Waals surface area (Å²) in [5, 5.41) is 17.2. The number of methoxy groups -OCH3 is 2. The number of hydrogen-bond acceptors (Lipinski definition) is 5. The molecule has 0 aliphatic heterocycles. The van der Waals surface area contributed by atoms with Crippen LogP contribution < -0.4 is 9.39 Å². The average Bonchev–Trinajstić information content (AvgIpc) is 2.18. The Morgan fingerprint density at radius 3 is 2.53 bits per heavy atom. The Hall–Kier alpha value is -1.24. The normalized spacial score (nSPS) is 9.87. The molecule has 0 amide bonds. The van der Waals surface area contributed by atoms with Gasteiger partial charge < -0.3 is 24.2 Å². The summed E-state index contributed by atoms with van der Waals surface area (Å²) in [6.45, 7) is 0.363. The Morgan fingerprint density at radius 2 is 2.00 bits per heavy atom. The van der Waals surface area contributed by atoms with E-state index in [4.69, 9.17) is 24.2 Å². The second-order valence-corrected chi connectivity index (χ2v) is 2.85. The van der Waals surface area contributed by atoms with Crippen LogP contribution in [-0.2, 0) is 11.3 Å². The van der Waals surface area contributed by atoms with E-state index in [-0.39, 0.29) is 0 Å². The third kappa shape index (κ3) is 3.43. The Balaban J connectivity index is 2.88. The van der Waals surface area contributed by atoms with Crippen LogP contribution in [0.5, 0.6) is 11.5 Å². The lowest BCUT2D eigenvalue weighted by Crippen LogP contribution is -2.20. The molecule has 0 aliphatic rings. The van der Waals surface area contributed by atoms with Crippen molar-refractivity contribution in [1.82, 2.24) is 0 Å². The zero-order valence-corrected chi connectivity index (χ0v) is 8.64. The molecule has 0 heterocycles. The molecule has 1 aromatic carbocycles. The molecule has 0 radical (unpaired) electrons. The molecule has 15 heavy (non-hydrogen) atoms. The summed E-state index contributed by atoms with van der Waals surface area (Å²) in [5.74, 6) is 1.01. The highest BCUT2D eigenvalue weighted by atomic mass is 16.6. The van der Waals surface area contributed by atoms with Crippen molar-refractivity contribution in [3.63, 3.8) is 0 Å². The molecular formula is C9H13BO5. The summed E-state index contributed by atoms with van der Waals surface area (Å²) in [5.41, 5.74) is 0.776. The van der Waals surface area contributed by atoms with Crippen LogP contribution in [-0.4, -0.2) is 31.6 Å². The summed E-state index contributed by atoms with van der Waals surface area (Å²) in [4.78, 5) is 0. The highest BCUT2D eigenvalue weighted by Gasteiger charge is 2.12. The molecule has 0 aromatic heterocycles. The zero-order chi connectivity index (χ0) is 11.3. The molecular weight excluding hydrogens is 199 g/mol. The minimum atomic E-state index is -1.83. The fraction of sp³-hybridized carbons (Fsp3) is 0.333. The van der Waals surface area contributed by atoms with Gasteiger partial charge in [-0.2, -0.15) is 0 Å². The summed E-state index contributed by atoms with van der Waals surface area (Å²) in [7, 11) is 1.29. The van der Waals surface area contributed by atoms with Crippen molar-refractivity contribution in [1.29, 1.82) is 0 Å². The van der Waals surface area contributed by atoms with Crippen LogP contribution in [0.25, 0.3) is 0 Å². The number of rotatable bonds is 5. The lowest BCUT2D eigenvalue weighted by atomic mass is 10.2. The van der Waals surface area contributed by atoms with Crippen molar-refractivity contribution in [2.24, 2.45) is 0 Å². The summed E-state index contributed by atoms with van der Waals surface area (Å²) in [6, 6.07) is 4.88. The van der Waals surface area contributed by atoms with Gasteiger partial charge in [-0.3, -0.25) is 0 Å². The van der Waals surface area contributed by atoms with Crippen LogP contribution in [0, 0.1) is 0 Å².